The molecule has 4 aromatic rings. The monoisotopic (exact) mass is 534 g/mol. The number of aromatic nitrogens is 4. The number of piperazine rings is 1. The predicted molar refractivity (Wildman–Crippen MR) is 145 cm³/mol. The van der Waals surface area contributed by atoms with Crippen molar-refractivity contribution >= 4 is 35.0 Å². The largest absolute Gasteiger partial charge is 0.383 e. The van der Waals surface area contributed by atoms with Crippen LogP contribution >= 0.6 is 0 Å². The van der Waals surface area contributed by atoms with Crippen molar-refractivity contribution < 1.29 is 18.3 Å². The Morgan fingerprint density at radius 2 is 1.90 bits per heavy atom. The van der Waals surface area contributed by atoms with Crippen LogP contribution in [0, 0.1) is 11.6 Å². The molecule has 5 rings (SSSR count). The zero-order valence-corrected chi connectivity index (χ0v) is 21.3. The van der Waals surface area contributed by atoms with Gasteiger partial charge in [-0.1, -0.05) is 18.2 Å². The van der Waals surface area contributed by atoms with Crippen LogP contribution in [0.4, 0.5) is 26.1 Å². The van der Waals surface area contributed by atoms with Gasteiger partial charge in [0.05, 0.1) is 18.0 Å². The van der Waals surface area contributed by atoms with Gasteiger partial charge in [0.25, 0.3) is 0 Å². The van der Waals surface area contributed by atoms with Crippen molar-refractivity contribution in [2.45, 2.75) is 0 Å². The highest BCUT2D eigenvalue weighted by Crippen LogP contribution is 2.30. The molecule has 202 valence electrons. The van der Waals surface area contributed by atoms with Gasteiger partial charge < -0.3 is 20.7 Å². The Bertz CT molecular complexity index is 1520. The van der Waals surface area contributed by atoms with Crippen molar-refractivity contribution in [3.8, 4) is 11.3 Å². The Morgan fingerprint density at radius 3 is 2.67 bits per heavy atom. The summed E-state index contributed by atoms with van der Waals surface area (Å²) in [7, 11) is 1.66. The average Bonchev–Trinajstić information content (AvgIpc) is 3.37. The zero-order valence-electron chi connectivity index (χ0n) is 21.3. The minimum atomic E-state index is -1.000. The van der Waals surface area contributed by atoms with E-state index in [-0.39, 0.29) is 17.3 Å². The second-order valence-electron chi connectivity index (χ2n) is 9.07. The van der Waals surface area contributed by atoms with Crippen LogP contribution in [0.2, 0.25) is 0 Å². The number of primary amides is 1. The fraction of sp³-hybridized carbons (Fsp3) is 0.259. The Kier molecular flexibility index (Phi) is 7.75. The first kappa shape index (κ1) is 26.2. The Morgan fingerprint density at radius 1 is 1.10 bits per heavy atom. The van der Waals surface area contributed by atoms with Crippen LogP contribution in [0.25, 0.3) is 23.0 Å². The summed E-state index contributed by atoms with van der Waals surface area (Å²) in [6, 6.07) is 10.4. The van der Waals surface area contributed by atoms with Crippen LogP contribution < -0.4 is 16.0 Å². The lowest BCUT2D eigenvalue weighted by Gasteiger charge is -2.36. The van der Waals surface area contributed by atoms with Gasteiger partial charge in [0.2, 0.25) is 11.9 Å². The van der Waals surface area contributed by atoms with E-state index >= 15 is 8.78 Å². The molecule has 1 aliphatic heterocycles. The SMILES string of the molecule is COCCN1CCN(c2ccc(Nc3ncn4cnc(-c5cccc(C=CC(N)=O)c5)c4n3)c(F)c2F)CC1. The first-order valence-corrected chi connectivity index (χ1v) is 12.4. The summed E-state index contributed by atoms with van der Waals surface area (Å²) in [6.07, 6.45) is 5.93. The number of amides is 1. The number of anilines is 3. The van der Waals surface area contributed by atoms with Gasteiger partial charge in [0.1, 0.15) is 18.3 Å². The van der Waals surface area contributed by atoms with E-state index in [1.165, 1.54) is 18.5 Å². The van der Waals surface area contributed by atoms with E-state index in [1.54, 1.807) is 30.0 Å². The minimum Gasteiger partial charge on any atom is -0.383 e. The number of imidazole rings is 1. The highest BCUT2D eigenvalue weighted by molar-refractivity contribution is 5.90. The average molecular weight is 535 g/mol. The molecule has 2 aromatic carbocycles. The number of hydrogen-bond acceptors (Lipinski definition) is 8. The molecule has 3 heterocycles. The number of nitrogens with two attached hydrogens (primary N) is 1. The molecule has 1 aliphatic rings. The van der Waals surface area contributed by atoms with E-state index in [0.717, 1.165) is 30.8 Å². The fourth-order valence-corrected chi connectivity index (χ4v) is 4.46. The van der Waals surface area contributed by atoms with Gasteiger partial charge in [-0.15, -0.1) is 0 Å². The maximum Gasteiger partial charge on any atom is 0.241 e. The van der Waals surface area contributed by atoms with Gasteiger partial charge in [-0.05, 0) is 29.8 Å². The van der Waals surface area contributed by atoms with Crippen LogP contribution in [-0.2, 0) is 9.53 Å². The third-order valence-corrected chi connectivity index (χ3v) is 6.52. The highest BCUT2D eigenvalue weighted by atomic mass is 19.2. The van der Waals surface area contributed by atoms with Crippen LogP contribution in [0.15, 0.2) is 55.1 Å². The number of nitrogens with one attached hydrogen (secondary N) is 1. The molecule has 1 amide bonds. The predicted octanol–water partition coefficient (Wildman–Crippen LogP) is 3.08. The molecule has 0 bridgehead atoms. The number of rotatable bonds is 9. The zero-order chi connectivity index (χ0) is 27.4. The lowest BCUT2D eigenvalue weighted by atomic mass is 10.1. The highest BCUT2D eigenvalue weighted by Gasteiger charge is 2.23. The van der Waals surface area contributed by atoms with Crippen molar-refractivity contribution in [1.29, 1.82) is 0 Å². The van der Waals surface area contributed by atoms with E-state index in [2.05, 4.69) is 25.2 Å². The van der Waals surface area contributed by atoms with Crippen molar-refractivity contribution in [1.82, 2.24) is 24.3 Å². The quantitative estimate of drug-likeness (QED) is 0.315. The molecule has 39 heavy (non-hydrogen) atoms. The first-order valence-electron chi connectivity index (χ1n) is 12.4. The number of hydrogen-bond donors (Lipinski definition) is 2. The smallest absolute Gasteiger partial charge is 0.241 e. The Hall–Kier alpha value is -4.42. The number of methoxy groups -OCH3 is 1. The molecule has 0 radical (unpaired) electrons. The molecule has 0 aliphatic carbocycles. The number of nitrogens with zero attached hydrogens (tertiary/aromatic N) is 6. The third-order valence-electron chi connectivity index (χ3n) is 6.52. The molecule has 2 aromatic heterocycles. The molecule has 10 nitrogen and oxygen atoms in total. The van der Waals surface area contributed by atoms with E-state index in [0.29, 0.717) is 31.0 Å². The van der Waals surface area contributed by atoms with Crippen LogP contribution in [0.1, 0.15) is 5.56 Å². The van der Waals surface area contributed by atoms with Crippen molar-refractivity contribution in [2.75, 3.05) is 56.7 Å². The molecular formula is C27H28F2N8O2. The van der Waals surface area contributed by atoms with Gasteiger partial charge in [-0.3, -0.25) is 14.1 Å². The number of fused-ring (bicyclic) bond motifs is 1. The summed E-state index contributed by atoms with van der Waals surface area (Å²) in [5.74, 6) is -2.38. The lowest BCUT2D eigenvalue weighted by molar-refractivity contribution is -0.113. The molecular weight excluding hydrogens is 506 g/mol. The topological polar surface area (TPSA) is 114 Å². The van der Waals surface area contributed by atoms with E-state index in [9.17, 15) is 4.79 Å². The second-order valence-corrected chi connectivity index (χ2v) is 9.07. The summed E-state index contributed by atoms with van der Waals surface area (Å²) in [5.41, 5.74) is 7.87. The van der Waals surface area contributed by atoms with Gasteiger partial charge in [0, 0.05) is 51.5 Å². The first-order chi connectivity index (χ1) is 18.9. The summed E-state index contributed by atoms with van der Waals surface area (Å²) < 4.78 is 37.0. The molecule has 1 fully saturated rings. The molecule has 0 saturated carbocycles. The number of carbonyl (C=O) groups excluding carboxylic acids is 1. The van der Waals surface area contributed by atoms with Gasteiger partial charge >= 0.3 is 0 Å². The van der Waals surface area contributed by atoms with Crippen molar-refractivity contribution in [3.05, 3.63) is 72.3 Å². The van der Waals surface area contributed by atoms with Crippen molar-refractivity contribution in [2.24, 2.45) is 5.73 Å². The van der Waals surface area contributed by atoms with Crippen LogP contribution in [0.5, 0.6) is 0 Å². The van der Waals surface area contributed by atoms with Gasteiger partial charge in [-0.25, -0.2) is 18.7 Å². The molecule has 1 saturated heterocycles. The second kappa shape index (κ2) is 11.5. The Labute approximate surface area is 223 Å². The summed E-state index contributed by atoms with van der Waals surface area (Å²) >= 11 is 0. The number of carbonyl (C=O) groups is 1. The molecule has 0 unspecified atom stereocenters. The van der Waals surface area contributed by atoms with Gasteiger partial charge in [0.15, 0.2) is 17.3 Å². The van der Waals surface area contributed by atoms with Crippen LogP contribution in [-0.4, -0.2) is 76.6 Å². The minimum absolute atomic E-state index is 0.0704. The van der Waals surface area contributed by atoms with E-state index in [4.69, 9.17) is 10.5 Å². The number of halogens is 2. The summed E-state index contributed by atoms with van der Waals surface area (Å²) in [4.78, 5) is 28.3. The summed E-state index contributed by atoms with van der Waals surface area (Å²) in [5, 5.41) is 2.80. The normalized spacial score (nSPS) is 14.4. The maximum atomic E-state index is 15.1. The van der Waals surface area contributed by atoms with E-state index in [1.807, 2.05) is 29.2 Å². The fourth-order valence-electron chi connectivity index (χ4n) is 4.46. The standard InChI is InChI=1S/C27H28F2N8O2/c1-39-14-13-35-9-11-36(12-10-35)21-7-6-20(23(28)24(21)29)33-27-32-17-37-16-31-25(26(37)34-27)19-4-2-3-18(15-19)5-8-22(30)38/h2-8,15-17H,9-14H2,1H3,(H2,30,38)(H,33,34). The third kappa shape index (κ3) is 5.86. The van der Waals surface area contributed by atoms with E-state index < -0.39 is 17.5 Å². The molecule has 0 spiro atoms. The summed E-state index contributed by atoms with van der Waals surface area (Å²) in [6.45, 7) is 4.13. The molecule has 12 heteroatoms. The lowest BCUT2D eigenvalue weighted by Crippen LogP contribution is -2.47. The number of benzene rings is 2. The van der Waals surface area contributed by atoms with Crippen LogP contribution in [0.3, 0.4) is 0 Å². The Balaban J connectivity index is 1.35. The van der Waals surface area contributed by atoms with Crippen molar-refractivity contribution in [3.63, 3.8) is 0 Å². The molecule has 0 atom stereocenters. The number of ether oxygens (including phenoxy) is 1. The van der Waals surface area contributed by atoms with Gasteiger partial charge in [-0.2, -0.15) is 4.98 Å². The maximum absolute atomic E-state index is 15.1. The molecule has 3 N–H and O–H groups in total.